The minimum atomic E-state index is -0.826. The average molecular weight is 338 g/mol. The highest BCUT2D eigenvalue weighted by Gasteiger charge is 2.53. The van der Waals surface area contributed by atoms with Gasteiger partial charge in [-0.2, -0.15) is 0 Å². The third-order valence-corrected chi connectivity index (χ3v) is 5.14. The van der Waals surface area contributed by atoms with Crippen molar-refractivity contribution < 1.29 is 14.7 Å². The number of halogens is 1. The van der Waals surface area contributed by atoms with E-state index in [1.807, 2.05) is 24.3 Å². The van der Waals surface area contributed by atoms with Gasteiger partial charge in [-0.25, -0.2) is 0 Å². The zero-order valence-corrected chi connectivity index (χ0v) is 12.5. The number of benzene rings is 1. The van der Waals surface area contributed by atoms with Crippen molar-refractivity contribution in [2.24, 2.45) is 23.7 Å². The molecule has 0 radical (unpaired) electrons. The van der Waals surface area contributed by atoms with Gasteiger partial charge in [0.05, 0.1) is 11.8 Å². The summed E-state index contributed by atoms with van der Waals surface area (Å²) in [6.07, 6.45) is 2.81. The number of anilines is 1. The second kappa shape index (κ2) is 5.20. The Morgan fingerprint density at radius 3 is 2.30 bits per heavy atom. The van der Waals surface area contributed by atoms with Crippen LogP contribution in [0.1, 0.15) is 19.3 Å². The van der Waals surface area contributed by atoms with Crippen molar-refractivity contribution in [2.75, 3.05) is 5.32 Å². The molecule has 2 aliphatic carbocycles. The number of carboxylic acid groups (broad SMARTS) is 1. The normalized spacial score (nSPS) is 31.2. The predicted octanol–water partition coefficient (Wildman–Crippen LogP) is 3.13. The summed E-state index contributed by atoms with van der Waals surface area (Å²) in [4.78, 5) is 23.8. The summed E-state index contributed by atoms with van der Waals surface area (Å²) < 4.78 is 0.943. The second-order valence-corrected chi connectivity index (χ2v) is 6.63. The Morgan fingerprint density at radius 1 is 1.10 bits per heavy atom. The van der Waals surface area contributed by atoms with Crippen LogP contribution in [0.25, 0.3) is 0 Å². The van der Waals surface area contributed by atoms with Crippen LogP contribution in [0.15, 0.2) is 28.7 Å². The Hall–Kier alpha value is -1.36. The molecule has 5 heteroatoms. The van der Waals surface area contributed by atoms with Crippen molar-refractivity contribution in [3.05, 3.63) is 28.7 Å². The number of nitrogens with one attached hydrogen (secondary N) is 1. The molecule has 3 rings (SSSR count). The zero-order valence-electron chi connectivity index (χ0n) is 10.9. The third-order valence-electron chi connectivity index (χ3n) is 4.62. The number of amides is 1. The lowest BCUT2D eigenvalue weighted by Crippen LogP contribution is -2.37. The number of hydrogen-bond acceptors (Lipinski definition) is 2. The van der Waals surface area contributed by atoms with E-state index in [1.54, 1.807) is 0 Å². The van der Waals surface area contributed by atoms with Gasteiger partial charge >= 0.3 is 5.97 Å². The van der Waals surface area contributed by atoms with Gasteiger partial charge in [-0.1, -0.05) is 15.9 Å². The lowest BCUT2D eigenvalue weighted by atomic mass is 9.78. The summed E-state index contributed by atoms with van der Waals surface area (Å²) in [6, 6.07) is 7.33. The van der Waals surface area contributed by atoms with Crippen LogP contribution < -0.4 is 5.32 Å². The molecule has 20 heavy (non-hydrogen) atoms. The van der Waals surface area contributed by atoms with E-state index in [1.165, 1.54) is 0 Å². The van der Waals surface area contributed by atoms with Gasteiger partial charge in [-0.05, 0) is 55.4 Å². The zero-order chi connectivity index (χ0) is 14.3. The predicted molar refractivity (Wildman–Crippen MR) is 78.2 cm³/mol. The van der Waals surface area contributed by atoms with E-state index in [-0.39, 0.29) is 23.7 Å². The van der Waals surface area contributed by atoms with Crippen LogP contribution in [-0.2, 0) is 9.59 Å². The summed E-state index contributed by atoms with van der Waals surface area (Å²) in [5.41, 5.74) is 0.713. The van der Waals surface area contributed by atoms with Gasteiger partial charge in [-0.15, -0.1) is 0 Å². The number of rotatable bonds is 3. The molecule has 1 aromatic carbocycles. The fourth-order valence-corrected chi connectivity index (χ4v) is 4.05. The lowest BCUT2D eigenvalue weighted by molar-refractivity contribution is -0.148. The van der Waals surface area contributed by atoms with Crippen LogP contribution in [0.4, 0.5) is 5.69 Å². The standard InChI is InChI=1S/C15H16BrNO3/c16-10-3-5-11(6-4-10)17-14(18)12-8-1-2-9(7-8)13(12)15(19)20/h3-6,8-9,12-13H,1-2,7H2,(H,17,18)(H,19,20)/t8-,9-,12-,13+/m0/s1. The van der Waals surface area contributed by atoms with E-state index in [0.29, 0.717) is 5.69 Å². The Kier molecular flexibility index (Phi) is 3.54. The minimum Gasteiger partial charge on any atom is -0.481 e. The summed E-state index contributed by atoms with van der Waals surface area (Å²) in [7, 11) is 0. The SMILES string of the molecule is O=C(O)[C@@H]1[C@H]2CC[C@@H](C2)[C@@H]1C(=O)Nc1ccc(Br)cc1. The topological polar surface area (TPSA) is 66.4 Å². The fourth-order valence-electron chi connectivity index (χ4n) is 3.78. The number of fused-ring (bicyclic) bond motifs is 2. The van der Waals surface area contributed by atoms with Gasteiger partial charge in [0.1, 0.15) is 0 Å². The van der Waals surface area contributed by atoms with E-state index < -0.39 is 11.9 Å². The van der Waals surface area contributed by atoms with E-state index in [4.69, 9.17) is 0 Å². The molecule has 2 fully saturated rings. The first-order valence-corrected chi connectivity index (χ1v) is 7.65. The molecule has 4 atom stereocenters. The van der Waals surface area contributed by atoms with Crippen molar-refractivity contribution in [3.8, 4) is 0 Å². The molecule has 2 aliphatic rings. The quantitative estimate of drug-likeness (QED) is 0.890. The number of carbonyl (C=O) groups excluding carboxylic acids is 1. The molecular formula is C15H16BrNO3. The highest BCUT2D eigenvalue weighted by Crippen LogP contribution is 2.52. The van der Waals surface area contributed by atoms with Gasteiger partial charge in [0, 0.05) is 10.2 Å². The molecule has 4 nitrogen and oxygen atoms in total. The van der Waals surface area contributed by atoms with Crippen LogP contribution in [0.5, 0.6) is 0 Å². The number of hydrogen-bond donors (Lipinski definition) is 2. The van der Waals surface area contributed by atoms with Crippen molar-refractivity contribution in [2.45, 2.75) is 19.3 Å². The molecule has 0 spiro atoms. The molecule has 0 aliphatic heterocycles. The molecule has 0 saturated heterocycles. The van der Waals surface area contributed by atoms with E-state index in [2.05, 4.69) is 21.2 Å². The molecule has 0 aromatic heterocycles. The van der Waals surface area contributed by atoms with Crippen molar-refractivity contribution >= 4 is 33.5 Å². The maximum atomic E-state index is 12.4. The summed E-state index contributed by atoms with van der Waals surface area (Å²) in [6.45, 7) is 0. The molecular weight excluding hydrogens is 322 g/mol. The number of aliphatic carboxylic acids is 1. The van der Waals surface area contributed by atoms with Gasteiger partial charge in [0.2, 0.25) is 5.91 Å². The van der Waals surface area contributed by atoms with Crippen molar-refractivity contribution in [1.82, 2.24) is 0 Å². The summed E-state index contributed by atoms with van der Waals surface area (Å²) in [5, 5.41) is 12.2. The van der Waals surface area contributed by atoms with Gasteiger partial charge in [-0.3, -0.25) is 9.59 Å². The van der Waals surface area contributed by atoms with Gasteiger partial charge < -0.3 is 10.4 Å². The molecule has 1 aromatic rings. The molecule has 0 heterocycles. The smallest absolute Gasteiger partial charge is 0.307 e. The molecule has 2 bridgehead atoms. The maximum Gasteiger partial charge on any atom is 0.307 e. The van der Waals surface area contributed by atoms with Crippen LogP contribution in [0, 0.1) is 23.7 Å². The van der Waals surface area contributed by atoms with Crippen LogP contribution in [0.3, 0.4) is 0 Å². The summed E-state index contributed by atoms with van der Waals surface area (Å²) >= 11 is 3.34. The first kappa shape index (κ1) is 13.6. The second-order valence-electron chi connectivity index (χ2n) is 5.72. The third kappa shape index (κ3) is 2.35. The number of carbonyl (C=O) groups is 2. The van der Waals surface area contributed by atoms with E-state index >= 15 is 0 Å². The van der Waals surface area contributed by atoms with Crippen molar-refractivity contribution in [3.63, 3.8) is 0 Å². The largest absolute Gasteiger partial charge is 0.481 e. The molecule has 2 saturated carbocycles. The Bertz CT molecular complexity index is 543. The fraction of sp³-hybridized carbons (Fsp3) is 0.467. The highest BCUT2D eigenvalue weighted by molar-refractivity contribution is 9.10. The summed E-state index contributed by atoms with van der Waals surface area (Å²) in [5.74, 6) is -1.45. The molecule has 1 amide bonds. The lowest BCUT2D eigenvalue weighted by Gasteiger charge is -2.27. The van der Waals surface area contributed by atoms with Crippen molar-refractivity contribution in [1.29, 1.82) is 0 Å². The molecule has 106 valence electrons. The monoisotopic (exact) mass is 337 g/mol. The number of carboxylic acids is 1. The van der Waals surface area contributed by atoms with E-state index in [0.717, 1.165) is 23.7 Å². The van der Waals surface area contributed by atoms with Crippen LogP contribution in [-0.4, -0.2) is 17.0 Å². The Labute approximate surface area is 125 Å². The van der Waals surface area contributed by atoms with E-state index in [9.17, 15) is 14.7 Å². The van der Waals surface area contributed by atoms with Gasteiger partial charge in [0.15, 0.2) is 0 Å². The molecule has 2 N–H and O–H groups in total. The maximum absolute atomic E-state index is 12.4. The van der Waals surface area contributed by atoms with Gasteiger partial charge in [0.25, 0.3) is 0 Å². The first-order chi connectivity index (χ1) is 9.56. The van der Waals surface area contributed by atoms with Crippen LogP contribution in [0.2, 0.25) is 0 Å². The first-order valence-electron chi connectivity index (χ1n) is 6.85. The average Bonchev–Trinajstić information content (AvgIpc) is 3.01. The molecule has 0 unspecified atom stereocenters. The Morgan fingerprint density at radius 2 is 1.70 bits per heavy atom. The minimum absolute atomic E-state index is 0.146. The highest BCUT2D eigenvalue weighted by atomic mass is 79.9. The van der Waals surface area contributed by atoms with Crippen LogP contribution >= 0.6 is 15.9 Å². The Balaban J connectivity index is 1.76.